The summed E-state index contributed by atoms with van der Waals surface area (Å²) in [7, 11) is 0. The van der Waals surface area contributed by atoms with Crippen molar-refractivity contribution in [3.05, 3.63) is 12.2 Å². The van der Waals surface area contributed by atoms with E-state index in [2.05, 4.69) is 20.4 Å². The van der Waals surface area contributed by atoms with Gasteiger partial charge in [0.2, 0.25) is 0 Å². The van der Waals surface area contributed by atoms with Crippen molar-refractivity contribution in [1.82, 2.24) is 0 Å². The zero-order valence-corrected chi connectivity index (χ0v) is 17.6. The van der Waals surface area contributed by atoms with Gasteiger partial charge in [-0.05, 0) is 61.2 Å². The summed E-state index contributed by atoms with van der Waals surface area (Å²) in [6.45, 7) is 12.8. The van der Waals surface area contributed by atoms with Crippen molar-refractivity contribution in [2.45, 2.75) is 76.8 Å². The number of rotatable bonds is 0. The van der Waals surface area contributed by atoms with Crippen LogP contribution in [0.3, 0.4) is 0 Å². The Hall–Kier alpha value is -0.420. The number of hydrogen-bond donors (Lipinski definition) is 0. The van der Waals surface area contributed by atoms with Gasteiger partial charge >= 0.3 is 0 Å². The molecule has 0 aromatic heterocycles. The Balaban J connectivity index is 1.32. The van der Waals surface area contributed by atoms with E-state index in [0.29, 0.717) is 23.2 Å². The first-order valence-corrected chi connectivity index (χ1v) is 11.7. The fourth-order valence-corrected chi connectivity index (χ4v) is 8.72. The molecule has 0 aromatic rings. The van der Waals surface area contributed by atoms with E-state index in [1.165, 1.54) is 31.3 Å². The Morgan fingerprint density at radius 1 is 0.821 bits per heavy atom. The molecule has 2 aliphatic heterocycles. The highest BCUT2D eigenvalue weighted by Gasteiger charge is 2.68. The lowest BCUT2D eigenvalue weighted by molar-refractivity contribution is -0.252. The van der Waals surface area contributed by atoms with E-state index in [4.69, 9.17) is 18.9 Å². The van der Waals surface area contributed by atoms with Crippen LogP contribution in [0.5, 0.6) is 0 Å². The SMILES string of the molecule is C=C1CC2CC3(CC[C@]2(C)[C@H]2CC[C@@]4(C)[C@@H](CCC45OCCO5)[C@H]12)OCCO3. The molecule has 6 aliphatic rings. The first-order valence-electron chi connectivity index (χ1n) is 11.7. The monoisotopic (exact) mass is 388 g/mol. The van der Waals surface area contributed by atoms with E-state index in [0.717, 1.165) is 58.0 Å². The molecule has 2 heterocycles. The highest BCUT2D eigenvalue weighted by molar-refractivity contribution is 5.23. The molecule has 0 N–H and O–H groups in total. The zero-order valence-electron chi connectivity index (χ0n) is 17.6. The summed E-state index contributed by atoms with van der Waals surface area (Å²) in [5, 5.41) is 0. The Morgan fingerprint density at radius 3 is 2.25 bits per heavy atom. The quantitative estimate of drug-likeness (QED) is 0.565. The maximum Gasteiger partial charge on any atom is 0.174 e. The molecule has 28 heavy (non-hydrogen) atoms. The van der Waals surface area contributed by atoms with Crippen molar-refractivity contribution in [3.63, 3.8) is 0 Å². The molecule has 0 bridgehead atoms. The minimum Gasteiger partial charge on any atom is -0.348 e. The topological polar surface area (TPSA) is 36.9 Å². The molecule has 0 aromatic carbocycles. The van der Waals surface area contributed by atoms with E-state index in [-0.39, 0.29) is 17.0 Å². The van der Waals surface area contributed by atoms with Crippen molar-refractivity contribution in [2.24, 2.45) is 34.5 Å². The molecular formula is C24H36O4. The third kappa shape index (κ3) is 2.16. The second kappa shape index (κ2) is 5.84. The molecule has 4 saturated carbocycles. The van der Waals surface area contributed by atoms with Gasteiger partial charge in [0.25, 0.3) is 0 Å². The fourth-order valence-electron chi connectivity index (χ4n) is 8.72. The van der Waals surface area contributed by atoms with Crippen LogP contribution in [0.1, 0.15) is 65.2 Å². The van der Waals surface area contributed by atoms with E-state index in [1.54, 1.807) is 0 Å². The lowest BCUT2D eigenvalue weighted by Crippen LogP contribution is -2.58. The maximum atomic E-state index is 6.30. The molecule has 2 saturated heterocycles. The predicted molar refractivity (Wildman–Crippen MR) is 106 cm³/mol. The molecule has 6 rings (SSSR count). The largest absolute Gasteiger partial charge is 0.348 e. The first-order chi connectivity index (χ1) is 13.4. The van der Waals surface area contributed by atoms with Gasteiger partial charge in [-0.3, -0.25) is 0 Å². The van der Waals surface area contributed by atoms with Gasteiger partial charge in [0.1, 0.15) is 0 Å². The van der Waals surface area contributed by atoms with Crippen LogP contribution >= 0.6 is 0 Å². The maximum absolute atomic E-state index is 6.30. The van der Waals surface area contributed by atoms with Crippen LogP contribution in [0.2, 0.25) is 0 Å². The molecule has 4 heteroatoms. The summed E-state index contributed by atoms with van der Waals surface area (Å²) in [6, 6.07) is 0. The fraction of sp³-hybridized carbons (Fsp3) is 0.917. The molecule has 2 spiro atoms. The highest BCUT2D eigenvalue weighted by Crippen LogP contribution is 2.71. The van der Waals surface area contributed by atoms with Crippen LogP contribution < -0.4 is 0 Å². The van der Waals surface area contributed by atoms with E-state index >= 15 is 0 Å². The Kier molecular flexibility index (Phi) is 3.83. The zero-order chi connectivity index (χ0) is 19.2. The van der Waals surface area contributed by atoms with Gasteiger partial charge in [-0.25, -0.2) is 0 Å². The second-order valence-electron chi connectivity index (χ2n) is 11.1. The third-order valence-corrected chi connectivity index (χ3v) is 10.2. The third-order valence-electron chi connectivity index (χ3n) is 10.2. The van der Waals surface area contributed by atoms with Crippen molar-refractivity contribution >= 4 is 0 Å². The Morgan fingerprint density at radius 2 is 1.50 bits per heavy atom. The summed E-state index contributed by atoms with van der Waals surface area (Å²) in [5.41, 5.74) is 2.03. The van der Waals surface area contributed by atoms with Crippen LogP contribution in [0.15, 0.2) is 12.2 Å². The predicted octanol–water partition coefficient (Wildman–Crippen LogP) is 4.68. The minimum absolute atomic E-state index is 0.143. The summed E-state index contributed by atoms with van der Waals surface area (Å²) in [5.74, 6) is 2.07. The van der Waals surface area contributed by atoms with Gasteiger partial charge in [0.05, 0.1) is 26.4 Å². The van der Waals surface area contributed by atoms with Gasteiger partial charge in [-0.15, -0.1) is 0 Å². The van der Waals surface area contributed by atoms with Crippen molar-refractivity contribution < 1.29 is 18.9 Å². The average molecular weight is 389 g/mol. The molecule has 1 unspecified atom stereocenters. The molecule has 4 nitrogen and oxygen atoms in total. The highest BCUT2D eigenvalue weighted by atomic mass is 16.7. The van der Waals surface area contributed by atoms with E-state index in [9.17, 15) is 0 Å². The molecule has 6 atom stereocenters. The summed E-state index contributed by atoms with van der Waals surface area (Å²) in [4.78, 5) is 0. The molecule has 156 valence electrons. The van der Waals surface area contributed by atoms with Crippen molar-refractivity contribution in [3.8, 4) is 0 Å². The number of ether oxygens (including phenoxy) is 4. The second-order valence-corrected chi connectivity index (χ2v) is 11.1. The molecule has 4 aliphatic carbocycles. The summed E-state index contributed by atoms with van der Waals surface area (Å²) >= 11 is 0. The summed E-state index contributed by atoms with van der Waals surface area (Å²) < 4.78 is 24.8. The van der Waals surface area contributed by atoms with Gasteiger partial charge in [-0.2, -0.15) is 0 Å². The van der Waals surface area contributed by atoms with Crippen LogP contribution in [0.25, 0.3) is 0 Å². The van der Waals surface area contributed by atoms with Crippen LogP contribution in [-0.4, -0.2) is 38.0 Å². The number of hydrogen-bond acceptors (Lipinski definition) is 4. The minimum atomic E-state index is -0.317. The lowest BCUT2D eigenvalue weighted by atomic mass is 9.43. The van der Waals surface area contributed by atoms with Gasteiger partial charge in [-0.1, -0.05) is 26.0 Å². The van der Waals surface area contributed by atoms with Gasteiger partial charge in [0.15, 0.2) is 11.6 Å². The Bertz CT molecular complexity index is 676. The van der Waals surface area contributed by atoms with Crippen molar-refractivity contribution in [1.29, 1.82) is 0 Å². The Labute approximate surface area is 169 Å². The van der Waals surface area contributed by atoms with Crippen LogP contribution in [-0.2, 0) is 18.9 Å². The average Bonchev–Trinajstić information content (AvgIpc) is 3.39. The van der Waals surface area contributed by atoms with Crippen LogP contribution in [0, 0.1) is 34.5 Å². The van der Waals surface area contributed by atoms with E-state index < -0.39 is 0 Å². The van der Waals surface area contributed by atoms with Gasteiger partial charge in [0, 0.05) is 24.7 Å². The first kappa shape index (κ1) is 18.4. The van der Waals surface area contributed by atoms with Crippen molar-refractivity contribution in [2.75, 3.05) is 26.4 Å². The summed E-state index contributed by atoms with van der Waals surface area (Å²) in [6.07, 6.45) is 9.31. The van der Waals surface area contributed by atoms with Crippen LogP contribution in [0.4, 0.5) is 0 Å². The molecule has 6 fully saturated rings. The standard InChI is InChI=1S/C24H36O4/c1-16-14-17-15-23(25-10-11-26-23)9-8-21(17,2)18-4-6-22(3)19(20(16)18)5-7-24(22)27-12-13-28-24/h17-20H,1,4-15H2,2-3H3/t17?,18-,19-,20+,21-,22-/m0/s1. The molecular weight excluding hydrogens is 352 g/mol. The van der Waals surface area contributed by atoms with Gasteiger partial charge < -0.3 is 18.9 Å². The molecule has 0 radical (unpaired) electrons. The molecule has 0 amide bonds. The van der Waals surface area contributed by atoms with E-state index in [1.807, 2.05) is 0 Å². The number of allylic oxidation sites excluding steroid dienone is 1. The normalized spacial score (nSPS) is 51.3. The number of fused-ring (bicyclic) bond motifs is 6. The lowest BCUT2D eigenvalue weighted by Gasteiger charge is -2.62. The smallest absolute Gasteiger partial charge is 0.174 e.